The summed E-state index contributed by atoms with van der Waals surface area (Å²) in [7, 11) is 3.66. The van der Waals surface area contributed by atoms with Gasteiger partial charge in [0.15, 0.2) is 0 Å². The zero-order valence-corrected chi connectivity index (χ0v) is 12.0. The van der Waals surface area contributed by atoms with E-state index in [1.54, 1.807) is 7.11 Å². The molecule has 1 aliphatic rings. The third-order valence-electron chi connectivity index (χ3n) is 3.86. The zero-order chi connectivity index (χ0) is 13.5. The van der Waals surface area contributed by atoms with Gasteiger partial charge in [-0.15, -0.1) is 0 Å². The van der Waals surface area contributed by atoms with Crippen molar-refractivity contribution in [3.8, 4) is 5.75 Å². The molecule has 1 fully saturated rings. The fourth-order valence-corrected chi connectivity index (χ4v) is 2.73. The van der Waals surface area contributed by atoms with Gasteiger partial charge in [0.25, 0.3) is 0 Å². The summed E-state index contributed by atoms with van der Waals surface area (Å²) in [6, 6.07) is 8.17. The Hall–Kier alpha value is -1.06. The quantitative estimate of drug-likeness (QED) is 0.819. The molecule has 1 aliphatic carbocycles. The van der Waals surface area contributed by atoms with Crippen molar-refractivity contribution in [3.05, 3.63) is 29.8 Å². The van der Waals surface area contributed by atoms with Crippen LogP contribution in [0.5, 0.6) is 5.75 Å². The topological polar surface area (TPSA) is 30.5 Å². The summed E-state index contributed by atoms with van der Waals surface area (Å²) in [5, 5.41) is 3.21. The molecule has 1 atom stereocenters. The van der Waals surface area contributed by atoms with Crippen LogP contribution in [-0.2, 0) is 4.74 Å². The minimum Gasteiger partial charge on any atom is -0.497 e. The SMILES string of the molecule is CNCC(OCC1CCCC1)c1cccc(OC)c1. The number of nitrogens with one attached hydrogen (secondary N) is 1. The molecule has 1 aromatic carbocycles. The average molecular weight is 263 g/mol. The highest BCUT2D eigenvalue weighted by Crippen LogP contribution is 2.28. The molecule has 2 rings (SSSR count). The Kier molecular flexibility index (Phi) is 5.67. The Morgan fingerprint density at radius 1 is 1.32 bits per heavy atom. The lowest BCUT2D eigenvalue weighted by Gasteiger charge is -2.21. The molecule has 1 N–H and O–H groups in total. The monoisotopic (exact) mass is 263 g/mol. The third-order valence-corrected chi connectivity index (χ3v) is 3.86. The smallest absolute Gasteiger partial charge is 0.119 e. The van der Waals surface area contributed by atoms with Gasteiger partial charge >= 0.3 is 0 Å². The molecule has 1 unspecified atom stereocenters. The number of methoxy groups -OCH3 is 1. The lowest BCUT2D eigenvalue weighted by Crippen LogP contribution is -2.21. The van der Waals surface area contributed by atoms with Crippen LogP contribution in [0.4, 0.5) is 0 Å². The highest BCUT2D eigenvalue weighted by atomic mass is 16.5. The maximum atomic E-state index is 6.13. The fourth-order valence-electron chi connectivity index (χ4n) is 2.73. The van der Waals surface area contributed by atoms with Gasteiger partial charge in [-0.1, -0.05) is 25.0 Å². The van der Waals surface area contributed by atoms with E-state index >= 15 is 0 Å². The van der Waals surface area contributed by atoms with Gasteiger partial charge in [0.2, 0.25) is 0 Å². The molecule has 0 aromatic heterocycles. The predicted molar refractivity (Wildman–Crippen MR) is 77.6 cm³/mol. The molecule has 106 valence electrons. The van der Waals surface area contributed by atoms with E-state index in [1.807, 2.05) is 19.2 Å². The van der Waals surface area contributed by atoms with Crippen molar-refractivity contribution in [2.75, 3.05) is 27.3 Å². The van der Waals surface area contributed by atoms with Crippen molar-refractivity contribution in [1.29, 1.82) is 0 Å². The Balaban J connectivity index is 1.96. The van der Waals surface area contributed by atoms with Crippen molar-refractivity contribution in [3.63, 3.8) is 0 Å². The minimum atomic E-state index is 0.112. The van der Waals surface area contributed by atoms with Gasteiger partial charge < -0.3 is 14.8 Å². The van der Waals surface area contributed by atoms with Gasteiger partial charge in [0.1, 0.15) is 5.75 Å². The number of likely N-dealkylation sites (N-methyl/N-ethyl adjacent to an activating group) is 1. The van der Waals surface area contributed by atoms with E-state index in [2.05, 4.69) is 17.4 Å². The summed E-state index contributed by atoms with van der Waals surface area (Å²) in [6.07, 6.45) is 5.49. The molecule has 3 heteroatoms. The van der Waals surface area contributed by atoms with Crippen molar-refractivity contribution in [2.24, 2.45) is 5.92 Å². The van der Waals surface area contributed by atoms with Crippen LogP contribution in [-0.4, -0.2) is 27.3 Å². The normalized spacial score (nSPS) is 17.6. The first-order valence-electron chi connectivity index (χ1n) is 7.23. The highest BCUT2D eigenvalue weighted by Gasteiger charge is 2.18. The second-order valence-corrected chi connectivity index (χ2v) is 5.31. The molecule has 19 heavy (non-hydrogen) atoms. The highest BCUT2D eigenvalue weighted by molar-refractivity contribution is 5.30. The number of hydrogen-bond donors (Lipinski definition) is 1. The van der Waals surface area contributed by atoms with Crippen molar-refractivity contribution < 1.29 is 9.47 Å². The van der Waals surface area contributed by atoms with Gasteiger partial charge in [0.05, 0.1) is 19.8 Å². The third kappa shape index (κ3) is 4.22. The maximum Gasteiger partial charge on any atom is 0.119 e. The maximum absolute atomic E-state index is 6.13. The molecule has 0 amide bonds. The summed E-state index contributed by atoms with van der Waals surface area (Å²) in [5.74, 6) is 1.65. The van der Waals surface area contributed by atoms with Crippen molar-refractivity contribution in [2.45, 2.75) is 31.8 Å². The first kappa shape index (κ1) is 14.4. The largest absolute Gasteiger partial charge is 0.497 e. The van der Waals surface area contributed by atoms with E-state index in [9.17, 15) is 0 Å². The summed E-state index contributed by atoms with van der Waals surface area (Å²) in [5.41, 5.74) is 1.19. The molecule has 0 aliphatic heterocycles. The van der Waals surface area contributed by atoms with Crippen LogP contribution in [0.1, 0.15) is 37.4 Å². The first-order valence-corrected chi connectivity index (χ1v) is 7.23. The molecular formula is C16H25NO2. The summed E-state index contributed by atoms with van der Waals surface area (Å²) < 4.78 is 11.4. The van der Waals surface area contributed by atoms with Crippen molar-refractivity contribution in [1.82, 2.24) is 5.32 Å². The first-order chi connectivity index (χ1) is 9.33. The molecule has 0 radical (unpaired) electrons. The standard InChI is InChI=1S/C16H25NO2/c1-17-11-16(19-12-13-6-3-4-7-13)14-8-5-9-15(10-14)18-2/h5,8-10,13,16-17H,3-4,6-7,11-12H2,1-2H3. The summed E-state index contributed by atoms with van der Waals surface area (Å²) in [6.45, 7) is 1.71. The Morgan fingerprint density at radius 3 is 2.79 bits per heavy atom. The van der Waals surface area contributed by atoms with Crippen LogP contribution < -0.4 is 10.1 Å². The van der Waals surface area contributed by atoms with Crippen LogP contribution in [0.15, 0.2) is 24.3 Å². The number of rotatable bonds is 7. The number of benzene rings is 1. The number of ether oxygens (including phenoxy) is 2. The molecule has 0 heterocycles. The lowest BCUT2D eigenvalue weighted by molar-refractivity contribution is 0.0305. The van der Waals surface area contributed by atoms with Gasteiger partial charge in [-0.05, 0) is 43.5 Å². The predicted octanol–water partition coefficient (Wildman–Crippen LogP) is 3.16. The van der Waals surface area contributed by atoms with Gasteiger partial charge in [-0.2, -0.15) is 0 Å². The Labute approximate surface area is 116 Å². The van der Waals surface area contributed by atoms with Crippen molar-refractivity contribution >= 4 is 0 Å². The van der Waals surface area contributed by atoms with E-state index in [1.165, 1.54) is 31.2 Å². The second-order valence-electron chi connectivity index (χ2n) is 5.31. The Morgan fingerprint density at radius 2 is 2.11 bits per heavy atom. The molecule has 3 nitrogen and oxygen atoms in total. The van der Waals surface area contributed by atoms with Crippen LogP contribution in [0.25, 0.3) is 0 Å². The van der Waals surface area contributed by atoms with E-state index in [0.29, 0.717) is 0 Å². The molecular weight excluding hydrogens is 238 g/mol. The van der Waals surface area contributed by atoms with Crippen LogP contribution >= 0.6 is 0 Å². The molecule has 0 spiro atoms. The Bertz CT molecular complexity index is 375. The molecule has 1 aromatic rings. The van der Waals surface area contributed by atoms with E-state index in [-0.39, 0.29) is 6.10 Å². The molecule has 0 bridgehead atoms. The van der Waals surface area contributed by atoms with Crippen LogP contribution in [0.3, 0.4) is 0 Å². The van der Waals surface area contributed by atoms with Crippen LogP contribution in [0.2, 0.25) is 0 Å². The van der Waals surface area contributed by atoms with Gasteiger partial charge in [-0.3, -0.25) is 0 Å². The lowest BCUT2D eigenvalue weighted by atomic mass is 10.1. The van der Waals surface area contributed by atoms with E-state index < -0.39 is 0 Å². The van der Waals surface area contributed by atoms with Crippen LogP contribution in [0, 0.1) is 5.92 Å². The zero-order valence-electron chi connectivity index (χ0n) is 12.0. The minimum absolute atomic E-state index is 0.112. The second kappa shape index (κ2) is 7.51. The molecule has 1 saturated carbocycles. The van der Waals surface area contributed by atoms with Gasteiger partial charge in [-0.25, -0.2) is 0 Å². The summed E-state index contributed by atoms with van der Waals surface area (Å²) in [4.78, 5) is 0. The number of hydrogen-bond acceptors (Lipinski definition) is 3. The van der Waals surface area contributed by atoms with E-state index in [0.717, 1.165) is 24.8 Å². The molecule has 0 saturated heterocycles. The average Bonchev–Trinajstić information content (AvgIpc) is 2.97. The van der Waals surface area contributed by atoms with Gasteiger partial charge in [0, 0.05) is 6.54 Å². The van der Waals surface area contributed by atoms with E-state index in [4.69, 9.17) is 9.47 Å². The fraction of sp³-hybridized carbons (Fsp3) is 0.625. The summed E-state index contributed by atoms with van der Waals surface area (Å²) >= 11 is 0.